The molecule has 0 bridgehead atoms. The van der Waals surface area contributed by atoms with Crippen molar-refractivity contribution in [3.8, 4) is 5.75 Å². The van der Waals surface area contributed by atoms with Gasteiger partial charge in [-0.2, -0.15) is 0 Å². The molecular weight excluding hydrogens is 424 g/mol. The Morgan fingerprint density at radius 2 is 1.82 bits per heavy atom. The van der Waals surface area contributed by atoms with Gasteiger partial charge < -0.3 is 23.9 Å². The molecule has 9 heteroatoms. The van der Waals surface area contributed by atoms with Gasteiger partial charge in [-0.05, 0) is 24.3 Å². The van der Waals surface area contributed by atoms with Gasteiger partial charge in [-0.15, -0.1) is 0 Å². The lowest BCUT2D eigenvalue weighted by Gasteiger charge is -2.34. The van der Waals surface area contributed by atoms with Crippen molar-refractivity contribution in [2.75, 3.05) is 38.6 Å². The summed E-state index contributed by atoms with van der Waals surface area (Å²) in [4.78, 5) is 41.4. The third-order valence-electron chi connectivity index (χ3n) is 5.55. The van der Waals surface area contributed by atoms with Crippen LogP contribution in [-0.2, 0) is 17.9 Å². The number of para-hydroxylation sites is 1. The lowest BCUT2D eigenvalue weighted by molar-refractivity contribution is -0.116. The molecule has 1 aromatic carbocycles. The van der Waals surface area contributed by atoms with Gasteiger partial charge in [-0.3, -0.25) is 19.3 Å². The molecule has 172 valence electrons. The van der Waals surface area contributed by atoms with E-state index in [1.807, 2.05) is 30.3 Å². The molecule has 1 aliphatic heterocycles. The second-order valence-electron chi connectivity index (χ2n) is 7.79. The monoisotopic (exact) mass is 450 g/mol. The van der Waals surface area contributed by atoms with E-state index in [0.29, 0.717) is 49.9 Å². The molecule has 3 aromatic rings. The number of furan rings is 1. The summed E-state index contributed by atoms with van der Waals surface area (Å²) in [6.07, 6.45) is 3.05. The van der Waals surface area contributed by atoms with Gasteiger partial charge in [0.25, 0.3) is 5.91 Å². The molecule has 3 heterocycles. The van der Waals surface area contributed by atoms with Crippen molar-refractivity contribution in [1.29, 1.82) is 0 Å². The molecule has 1 saturated heterocycles. The maximum atomic E-state index is 12.6. The lowest BCUT2D eigenvalue weighted by Crippen LogP contribution is -2.48. The fraction of sp³-hybridized carbons (Fsp3) is 0.292. The first-order valence-electron chi connectivity index (χ1n) is 10.7. The van der Waals surface area contributed by atoms with Crippen molar-refractivity contribution in [3.05, 3.63) is 82.7 Å². The second kappa shape index (κ2) is 10.2. The lowest BCUT2D eigenvalue weighted by atomic mass is 10.2. The fourth-order valence-electron chi connectivity index (χ4n) is 3.80. The predicted molar refractivity (Wildman–Crippen MR) is 122 cm³/mol. The molecule has 0 unspecified atom stereocenters. The molecule has 33 heavy (non-hydrogen) atoms. The molecule has 0 spiro atoms. The minimum Gasteiger partial charge on any atom is -0.491 e. The van der Waals surface area contributed by atoms with Gasteiger partial charge in [0.1, 0.15) is 6.54 Å². The van der Waals surface area contributed by atoms with Gasteiger partial charge in [-0.1, -0.05) is 18.2 Å². The molecule has 9 nitrogen and oxygen atoms in total. The molecule has 2 aromatic heterocycles. The highest BCUT2D eigenvalue weighted by Gasteiger charge is 2.24. The molecule has 0 saturated carbocycles. The number of anilines is 1. The predicted octanol–water partition coefficient (Wildman–Crippen LogP) is 2.05. The van der Waals surface area contributed by atoms with Crippen molar-refractivity contribution in [2.45, 2.75) is 13.1 Å². The number of rotatable bonds is 7. The number of amides is 2. The topological polar surface area (TPSA) is 97.0 Å². The maximum absolute atomic E-state index is 12.6. The molecule has 1 N–H and O–H groups in total. The van der Waals surface area contributed by atoms with Crippen molar-refractivity contribution in [3.63, 3.8) is 0 Å². The number of nitrogens with one attached hydrogen (secondary N) is 1. The summed E-state index contributed by atoms with van der Waals surface area (Å²) < 4.78 is 12.1. The number of aromatic nitrogens is 1. The molecule has 0 atom stereocenters. The summed E-state index contributed by atoms with van der Waals surface area (Å²) in [5.41, 5.74) is 1.17. The summed E-state index contributed by atoms with van der Waals surface area (Å²) in [7, 11) is 1.43. The van der Waals surface area contributed by atoms with Crippen LogP contribution in [0.4, 0.5) is 5.69 Å². The molecule has 2 amide bonds. The van der Waals surface area contributed by atoms with E-state index in [4.69, 9.17) is 9.15 Å². The van der Waals surface area contributed by atoms with E-state index in [2.05, 4.69) is 10.2 Å². The summed E-state index contributed by atoms with van der Waals surface area (Å²) in [6, 6.07) is 14.1. The zero-order valence-electron chi connectivity index (χ0n) is 18.4. The zero-order chi connectivity index (χ0) is 23.2. The minimum atomic E-state index is -0.237. The molecule has 0 aliphatic carbocycles. The number of ether oxygens (including phenoxy) is 1. The van der Waals surface area contributed by atoms with E-state index in [0.717, 1.165) is 0 Å². The smallest absolute Gasteiger partial charge is 0.289 e. The van der Waals surface area contributed by atoms with Gasteiger partial charge >= 0.3 is 0 Å². The van der Waals surface area contributed by atoms with E-state index in [9.17, 15) is 14.4 Å². The van der Waals surface area contributed by atoms with Gasteiger partial charge in [-0.25, -0.2) is 0 Å². The molecule has 0 radical (unpaired) electrons. The standard InChI is InChI=1S/C24H26N4O5/c1-32-22-16-28(17-23(30)25-18-6-3-2-4-7-18)19(14-20(22)29)15-26-9-11-27(12-10-26)24(31)21-8-5-13-33-21/h2-8,13-14,16H,9-12,15,17H2,1H3,(H,25,30). The Kier molecular flexibility index (Phi) is 6.89. The van der Waals surface area contributed by atoms with Crippen molar-refractivity contribution >= 4 is 17.5 Å². The zero-order valence-corrected chi connectivity index (χ0v) is 18.4. The van der Waals surface area contributed by atoms with E-state index >= 15 is 0 Å². The average Bonchev–Trinajstić information content (AvgIpc) is 3.36. The summed E-state index contributed by atoms with van der Waals surface area (Å²) >= 11 is 0. The van der Waals surface area contributed by atoms with Crippen LogP contribution >= 0.6 is 0 Å². The van der Waals surface area contributed by atoms with Gasteiger partial charge in [0.05, 0.1) is 19.6 Å². The highest BCUT2D eigenvalue weighted by atomic mass is 16.5. The molecule has 1 aliphatic rings. The SMILES string of the molecule is COc1cn(CC(=O)Nc2ccccc2)c(CN2CCN(C(=O)c3ccco3)CC2)cc1=O. The average molecular weight is 450 g/mol. The van der Waals surface area contributed by atoms with E-state index in [1.54, 1.807) is 27.8 Å². The Hall–Kier alpha value is -3.85. The van der Waals surface area contributed by atoms with Crippen LogP contribution in [0.25, 0.3) is 0 Å². The largest absolute Gasteiger partial charge is 0.491 e. The number of carbonyl (C=O) groups excluding carboxylic acids is 2. The first-order chi connectivity index (χ1) is 16.0. The number of carbonyl (C=O) groups is 2. The number of pyridine rings is 1. The Balaban J connectivity index is 1.43. The van der Waals surface area contributed by atoms with Crippen LogP contribution < -0.4 is 15.5 Å². The minimum absolute atomic E-state index is 0.0395. The van der Waals surface area contributed by atoms with Crippen molar-refractivity contribution in [2.24, 2.45) is 0 Å². The van der Waals surface area contributed by atoms with Gasteiger partial charge in [0.15, 0.2) is 11.5 Å². The number of hydrogen-bond acceptors (Lipinski definition) is 6. The van der Waals surface area contributed by atoms with Gasteiger partial charge in [0, 0.05) is 50.2 Å². The Labute approximate surface area is 191 Å². The Morgan fingerprint density at radius 3 is 2.48 bits per heavy atom. The van der Waals surface area contributed by atoms with E-state index in [-0.39, 0.29) is 29.5 Å². The fourth-order valence-corrected chi connectivity index (χ4v) is 3.80. The Bertz CT molecular complexity index is 1150. The summed E-state index contributed by atoms with van der Waals surface area (Å²) in [6.45, 7) is 2.90. The number of hydrogen-bond donors (Lipinski definition) is 1. The molecule has 4 rings (SSSR count). The van der Waals surface area contributed by atoms with Crippen LogP contribution in [0.15, 0.2) is 70.2 Å². The van der Waals surface area contributed by atoms with Crippen LogP contribution in [0.3, 0.4) is 0 Å². The number of methoxy groups -OCH3 is 1. The van der Waals surface area contributed by atoms with Crippen LogP contribution in [0.5, 0.6) is 5.75 Å². The molecule has 1 fully saturated rings. The first-order valence-corrected chi connectivity index (χ1v) is 10.7. The van der Waals surface area contributed by atoms with Crippen LogP contribution in [0.2, 0.25) is 0 Å². The number of benzene rings is 1. The first kappa shape index (κ1) is 22.3. The normalized spacial score (nSPS) is 14.2. The Morgan fingerprint density at radius 1 is 1.06 bits per heavy atom. The summed E-state index contributed by atoms with van der Waals surface area (Å²) in [5.74, 6) is 0.178. The summed E-state index contributed by atoms with van der Waals surface area (Å²) in [5, 5.41) is 2.86. The van der Waals surface area contributed by atoms with Crippen LogP contribution in [-0.4, -0.2) is 59.5 Å². The van der Waals surface area contributed by atoms with E-state index in [1.165, 1.54) is 19.4 Å². The maximum Gasteiger partial charge on any atom is 0.289 e. The van der Waals surface area contributed by atoms with Crippen molar-refractivity contribution in [1.82, 2.24) is 14.4 Å². The highest BCUT2D eigenvalue weighted by molar-refractivity contribution is 5.91. The van der Waals surface area contributed by atoms with Crippen molar-refractivity contribution < 1.29 is 18.7 Å². The van der Waals surface area contributed by atoms with Crippen LogP contribution in [0.1, 0.15) is 16.2 Å². The van der Waals surface area contributed by atoms with Gasteiger partial charge in [0.2, 0.25) is 11.3 Å². The number of nitrogens with zero attached hydrogens (tertiary/aromatic N) is 3. The number of piperazine rings is 1. The van der Waals surface area contributed by atoms with Crippen LogP contribution in [0, 0.1) is 0 Å². The second-order valence-corrected chi connectivity index (χ2v) is 7.79. The highest BCUT2D eigenvalue weighted by Crippen LogP contribution is 2.14. The quantitative estimate of drug-likeness (QED) is 0.592. The van der Waals surface area contributed by atoms with E-state index < -0.39 is 0 Å². The third-order valence-corrected chi connectivity index (χ3v) is 5.55. The third kappa shape index (κ3) is 5.50. The molecular formula is C24H26N4O5.